The first kappa shape index (κ1) is 18.1. The third-order valence-corrected chi connectivity index (χ3v) is 6.00. The maximum Gasteiger partial charge on any atom is 0.241 e. The maximum atomic E-state index is 12.5. The van der Waals surface area contributed by atoms with Crippen molar-refractivity contribution in [3.05, 3.63) is 46.7 Å². The van der Waals surface area contributed by atoms with Gasteiger partial charge in [0.1, 0.15) is 0 Å². The van der Waals surface area contributed by atoms with Crippen LogP contribution in [-0.4, -0.2) is 31.5 Å². The Morgan fingerprint density at radius 3 is 2.72 bits per heavy atom. The Hall–Kier alpha value is -1.70. The summed E-state index contributed by atoms with van der Waals surface area (Å²) < 4.78 is 27.7. The van der Waals surface area contributed by atoms with E-state index >= 15 is 0 Å². The molecule has 0 radical (unpaired) electrons. The summed E-state index contributed by atoms with van der Waals surface area (Å²) in [6, 6.07) is 6.54. The molecule has 0 atom stereocenters. The fraction of sp³-hybridized carbons (Fsp3) is 0.412. The van der Waals surface area contributed by atoms with Crippen molar-refractivity contribution in [1.82, 2.24) is 14.7 Å². The van der Waals surface area contributed by atoms with E-state index in [1.807, 2.05) is 0 Å². The van der Waals surface area contributed by atoms with Gasteiger partial charge in [-0.3, -0.25) is 0 Å². The van der Waals surface area contributed by atoms with E-state index in [1.165, 1.54) is 12.5 Å². The second kappa shape index (κ2) is 7.68. The molecule has 8 heteroatoms. The number of anilines is 1. The highest BCUT2D eigenvalue weighted by Gasteiger charge is 2.18. The molecule has 6 nitrogen and oxygen atoms in total. The lowest BCUT2D eigenvalue weighted by atomic mass is 10.1. The molecular formula is C17H21ClN4O2S. The third kappa shape index (κ3) is 4.48. The number of nitrogens with one attached hydrogen (secondary N) is 1. The highest BCUT2D eigenvalue weighted by Crippen LogP contribution is 2.20. The lowest BCUT2D eigenvalue weighted by Gasteiger charge is -2.26. The van der Waals surface area contributed by atoms with Gasteiger partial charge in [-0.15, -0.1) is 0 Å². The number of hydrogen-bond donors (Lipinski definition) is 1. The van der Waals surface area contributed by atoms with Crippen molar-refractivity contribution in [3.8, 4) is 0 Å². The van der Waals surface area contributed by atoms with Gasteiger partial charge in [0, 0.05) is 24.3 Å². The largest absolute Gasteiger partial charge is 0.341 e. The molecule has 2 heterocycles. The zero-order valence-electron chi connectivity index (χ0n) is 14.1. The standard InChI is InChI=1S/C17H21ClN4O2S/c1-13-5-6-14(18)11-16(13)25(23,24)20-12-15-7-8-19-17(21-15)22-9-3-2-4-10-22/h5-8,11,20H,2-4,9-10,12H2,1H3. The zero-order valence-corrected chi connectivity index (χ0v) is 15.6. The molecule has 134 valence electrons. The number of sulfonamides is 1. The number of hydrogen-bond acceptors (Lipinski definition) is 5. The van der Waals surface area contributed by atoms with E-state index in [2.05, 4.69) is 19.6 Å². The summed E-state index contributed by atoms with van der Waals surface area (Å²) in [4.78, 5) is 11.1. The van der Waals surface area contributed by atoms with Crippen LogP contribution in [0.2, 0.25) is 5.02 Å². The quantitative estimate of drug-likeness (QED) is 0.863. The number of benzene rings is 1. The van der Waals surface area contributed by atoms with E-state index in [0.717, 1.165) is 25.9 Å². The molecule has 2 aromatic rings. The number of nitrogens with zero attached hydrogens (tertiary/aromatic N) is 3. The van der Waals surface area contributed by atoms with E-state index in [-0.39, 0.29) is 11.4 Å². The Bertz CT molecular complexity index is 851. The molecular weight excluding hydrogens is 360 g/mol. The van der Waals surface area contributed by atoms with Crippen LogP contribution in [0.25, 0.3) is 0 Å². The van der Waals surface area contributed by atoms with Crippen molar-refractivity contribution in [1.29, 1.82) is 0 Å². The van der Waals surface area contributed by atoms with E-state index in [0.29, 0.717) is 22.2 Å². The second-order valence-corrected chi connectivity index (χ2v) is 8.30. The van der Waals surface area contributed by atoms with Crippen LogP contribution in [0.1, 0.15) is 30.5 Å². The van der Waals surface area contributed by atoms with Gasteiger partial charge in [-0.25, -0.2) is 23.1 Å². The minimum absolute atomic E-state index is 0.109. The maximum absolute atomic E-state index is 12.5. The van der Waals surface area contributed by atoms with E-state index in [4.69, 9.17) is 11.6 Å². The van der Waals surface area contributed by atoms with Crippen molar-refractivity contribution in [2.24, 2.45) is 0 Å². The molecule has 0 unspecified atom stereocenters. The Morgan fingerprint density at radius 2 is 1.96 bits per heavy atom. The first-order valence-electron chi connectivity index (χ1n) is 8.28. The Balaban J connectivity index is 1.73. The zero-order chi connectivity index (χ0) is 17.9. The summed E-state index contributed by atoms with van der Waals surface area (Å²) in [7, 11) is -3.66. The molecule has 1 aromatic heterocycles. The smallest absolute Gasteiger partial charge is 0.241 e. The highest BCUT2D eigenvalue weighted by molar-refractivity contribution is 7.89. The van der Waals surface area contributed by atoms with Crippen molar-refractivity contribution in [2.75, 3.05) is 18.0 Å². The average Bonchev–Trinajstić information content (AvgIpc) is 2.63. The summed E-state index contributed by atoms with van der Waals surface area (Å²) in [6.45, 7) is 3.73. The second-order valence-electron chi connectivity index (χ2n) is 6.13. The summed E-state index contributed by atoms with van der Waals surface area (Å²) in [5.41, 5.74) is 1.28. The lowest BCUT2D eigenvalue weighted by molar-refractivity contribution is 0.565. The normalized spacial score (nSPS) is 15.4. The van der Waals surface area contributed by atoms with Crippen LogP contribution < -0.4 is 9.62 Å². The minimum atomic E-state index is -3.66. The summed E-state index contributed by atoms with van der Waals surface area (Å²) in [5.74, 6) is 0.662. The summed E-state index contributed by atoms with van der Waals surface area (Å²) in [6.07, 6.45) is 5.17. The molecule has 1 N–H and O–H groups in total. The molecule has 0 aliphatic carbocycles. The molecule has 25 heavy (non-hydrogen) atoms. The van der Waals surface area contributed by atoms with Gasteiger partial charge in [0.15, 0.2) is 0 Å². The van der Waals surface area contributed by atoms with Crippen molar-refractivity contribution >= 4 is 27.6 Å². The van der Waals surface area contributed by atoms with Gasteiger partial charge in [0.25, 0.3) is 0 Å². The monoisotopic (exact) mass is 380 g/mol. The van der Waals surface area contributed by atoms with Gasteiger partial charge in [0.2, 0.25) is 16.0 Å². The van der Waals surface area contributed by atoms with Crippen LogP contribution >= 0.6 is 11.6 Å². The molecule has 0 amide bonds. The molecule has 0 spiro atoms. The van der Waals surface area contributed by atoms with Gasteiger partial charge in [-0.1, -0.05) is 17.7 Å². The van der Waals surface area contributed by atoms with Gasteiger partial charge in [-0.2, -0.15) is 0 Å². The summed E-state index contributed by atoms with van der Waals surface area (Å²) in [5, 5.41) is 0.389. The topological polar surface area (TPSA) is 75.2 Å². The van der Waals surface area contributed by atoms with E-state index in [9.17, 15) is 8.42 Å². The van der Waals surface area contributed by atoms with Gasteiger partial charge >= 0.3 is 0 Å². The molecule has 1 fully saturated rings. The number of halogens is 1. The molecule has 3 rings (SSSR count). The van der Waals surface area contributed by atoms with E-state index in [1.54, 1.807) is 31.3 Å². The first-order chi connectivity index (χ1) is 12.0. The van der Waals surface area contributed by atoms with Crippen LogP contribution in [0.3, 0.4) is 0 Å². The van der Waals surface area contributed by atoms with E-state index < -0.39 is 10.0 Å². The first-order valence-corrected chi connectivity index (χ1v) is 10.1. The molecule has 1 aliphatic heterocycles. The predicted molar refractivity (Wildman–Crippen MR) is 98.3 cm³/mol. The number of rotatable bonds is 5. The fourth-order valence-corrected chi connectivity index (χ4v) is 4.34. The Kier molecular flexibility index (Phi) is 5.56. The number of piperidine rings is 1. The number of aryl methyl sites for hydroxylation is 1. The van der Waals surface area contributed by atoms with Crippen LogP contribution in [0, 0.1) is 6.92 Å². The van der Waals surface area contributed by atoms with Crippen molar-refractivity contribution in [3.63, 3.8) is 0 Å². The Labute approximate surface area is 153 Å². The van der Waals surface area contributed by atoms with Gasteiger partial charge in [0.05, 0.1) is 17.1 Å². The van der Waals surface area contributed by atoms with Crippen LogP contribution in [-0.2, 0) is 16.6 Å². The minimum Gasteiger partial charge on any atom is -0.341 e. The van der Waals surface area contributed by atoms with Crippen molar-refractivity contribution in [2.45, 2.75) is 37.6 Å². The average molecular weight is 381 g/mol. The molecule has 1 saturated heterocycles. The lowest BCUT2D eigenvalue weighted by Crippen LogP contribution is -2.31. The fourth-order valence-electron chi connectivity index (χ4n) is 2.84. The highest BCUT2D eigenvalue weighted by atomic mass is 35.5. The van der Waals surface area contributed by atoms with Crippen LogP contribution in [0.4, 0.5) is 5.95 Å². The van der Waals surface area contributed by atoms with Crippen LogP contribution in [0.15, 0.2) is 35.4 Å². The van der Waals surface area contributed by atoms with Gasteiger partial charge < -0.3 is 4.90 Å². The third-order valence-electron chi connectivity index (χ3n) is 4.22. The van der Waals surface area contributed by atoms with Gasteiger partial charge in [-0.05, 0) is 49.9 Å². The summed E-state index contributed by atoms with van der Waals surface area (Å²) >= 11 is 5.93. The number of aromatic nitrogens is 2. The molecule has 0 bridgehead atoms. The van der Waals surface area contributed by atoms with Crippen LogP contribution in [0.5, 0.6) is 0 Å². The molecule has 1 aromatic carbocycles. The van der Waals surface area contributed by atoms with Crippen molar-refractivity contribution < 1.29 is 8.42 Å². The predicted octanol–water partition coefficient (Wildman–Crippen LogP) is 2.91. The molecule has 0 saturated carbocycles. The SMILES string of the molecule is Cc1ccc(Cl)cc1S(=O)(=O)NCc1ccnc(N2CCCCC2)n1. The Morgan fingerprint density at radius 1 is 1.20 bits per heavy atom. The molecule has 1 aliphatic rings.